The second-order valence-corrected chi connectivity index (χ2v) is 16.1. The summed E-state index contributed by atoms with van der Waals surface area (Å²) >= 11 is 0. The number of aliphatic hydroxyl groups excluding tert-OH is 7. The van der Waals surface area contributed by atoms with Crippen molar-refractivity contribution < 1.29 is 50.0 Å². The highest BCUT2D eigenvalue weighted by Gasteiger charge is 2.44. The molecule has 1 amide bonds. The highest BCUT2D eigenvalue weighted by Crippen LogP contribution is 2.23. The summed E-state index contributed by atoms with van der Waals surface area (Å²) in [5, 5.41) is 75.5. The monoisotopic (exact) mass is 812 g/mol. The van der Waals surface area contributed by atoms with Crippen LogP contribution in [0.4, 0.5) is 0 Å². The molecule has 0 radical (unpaired) electrons. The molecular formula is C46H85NO10. The van der Waals surface area contributed by atoms with Gasteiger partial charge in [-0.05, 0) is 77.0 Å². The average molecular weight is 812 g/mol. The highest BCUT2D eigenvalue weighted by molar-refractivity contribution is 5.80. The number of hydrogen-bond acceptors (Lipinski definition) is 10. The zero-order chi connectivity index (χ0) is 41.9. The van der Waals surface area contributed by atoms with Crippen molar-refractivity contribution in [2.24, 2.45) is 0 Å². The van der Waals surface area contributed by atoms with E-state index in [4.69, 9.17) is 9.47 Å². The van der Waals surface area contributed by atoms with Crippen LogP contribution < -0.4 is 5.32 Å². The van der Waals surface area contributed by atoms with Gasteiger partial charge in [-0.1, -0.05) is 140 Å². The van der Waals surface area contributed by atoms with Crippen molar-refractivity contribution in [2.45, 2.75) is 236 Å². The maximum Gasteiger partial charge on any atom is 0.249 e. The van der Waals surface area contributed by atoms with Crippen LogP contribution in [0.15, 0.2) is 36.5 Å². The Morgan fingerprint density at radius 1 is 0.596 bits per heavy atom. The van der Waals surface area contributed by atoms with Gasteiger partial charge in [0.25, 0.3) is 0 Å². The Kier molecular flexibility index (Phi) is 33.9. The number of amides is 1. The Balaban J connectivity index is 2.49. The van der Waals surface area contributed by atoms with Crippen LogP contribution >= 0.6 is 0 Å². The number of aliphatic hydroxyl groups is 7. The van der Waals surface area contributed by atoms with E-state index in [0.29, 0.717) is 19.3 Å². The lowest BCUT2D eigenvalue weighted by Gasteiger charge is -2.40. The van der Waals surface area contributed by atoms with Gasteiger partial charge in [-0.25, -0.2) is 0 Å². The number of hydrogen-bond donors (Lipinski definition) is 8. The molecule has 1 aliphatic rings. The third kappa shape index (κ3) is 26.2. The predicted molar refractivity (Wildman–Crippen MR) is 228 cm³/mol. The molecule has 0 saturated carbocycles. The molecule has 11 heteroatoms. The quantitative estimate of drug-likeness (QED) is 0.0235. The van der Waals surface area contributed by atoms with Crippen molar-refractivity contribution in [1.82, 2.24) is 5.32 Å². The van der Waals surface area contributed by atoms with Crippen LogP contribution in [0.3, 0.4) is 0 Å². The van der Waals surface area contributed by atoms with Crippen molar-refractivity contribution in [3.05, 3.63) is 36.5 Å². The molecule has 1 heterocycles. The maximum atomic E-state index is 13.0. The molecule has 11 nitrogen and oxygen atoms in total. The Morgan fingerprint density at radius 3 is 1.60 bits per heavy atom. The zero-order valence-electron chi connectivity index (χ0n) is 35.8. The van der Waals surface area contributed by atoms with Gasteiger partial charge in [-0.3, -0.25) is 4.79 Å². The normalized spacial score (nSPS) is 22.4. The number of ether oxygens (including phenoxy) is 2. The van der Waals surface area contributed by atoms with Gasteiger partial charge >= 0.3 is 0 Å². The predicted octanol–water partition coefficient (Wildman–Crippen LogP) is 7.22. The van der Waals surface area contributed by atoms with E-state index in [1.165, 1.54) is 83.5 Å². The van der Waals surface area contributed by atoms with Crippen LogP contribution in [0.2, 0.25) is 0 Å². The maximum absolute atomic E-state index is 13.0. The number of rotatable bonds is 37. The SMILES string of the molecule is CCCCC/C=C\CCCCCCC(O)C(=O)NC(COC1OC(CO)C(O)C(O)C1O)C(O)C(O)CCC/C=C/CC/C=C/CCCCCCCCCCCC. The van der Waals surface area contributed by atoms with E-state index < -0.39 is 74.2 Å². The van der Waals surface area contributed by atoms with Crippen molar-refractivity contribution in [3.8, 4) is 0 Å². The lowest BCUT2D eigenvalue weighted by molar-refractivity contribution is -0.303. The second-order valence-electron chi connectivity index (χ2n) is 16.1. The molecule has 9 unspecified atom stereocenters. The molecule has 1 saturated heterocycles. The molecule has 8 N–H and O–H groups in total. The van der Waals surface area contributed by atoms with Gasteiger partial charge in [0.2, 0.25) is 5.91 Å². The lowest BCUT2D eigenvalue weighted by atomic mass is 9.98. The van der Waals surface area contributed by atoms with Crippen LogP contribution in [0.5, 0.6) is 0 Å². The van der Waals surface area contributed by atoms with E-state index in [0.717, 1.165) is 51.4 Å². The van der Waals surface area contributed by atoms with Crippen molar-refractivity contribution in [3.63, 3.8) is 0 Å². The fraction of sp³-hybridized carbons (Fsp3) is 0.848. The molecule has 57 heavy (non-hydrogen) atoms. The molecule has 1 rings (SSSR count). The fourth-order valence-electron chi connectivity index (χ4n) is 7.04. The van der Waals surface area contributed by atoms with Crippen LogP contribution in [-0.2, 0) is 14.3 Å². The summed E-state index contributed by atoms with van der Waals surface area (Å²) in [6, 6.07) is -1.19. The number of unbranched alkanes of at least 4 members (excludes halogenated alkanes) is 19. The first kappa shape index (κ1) is 53.3. The summed E-state index contributed by atoms with van der Waals surface area (Å²) in [6.45, 7) is 3.36. The minimum atomic E-state index is -1.67. The molecule has 1 aliphatic heterocycles. The molecule has 0 aliphatic carbocycles. The van der Waals surface area contributed by atoms with E-state index in [-0.39, 0.29) is 12.8 Å². The smallest absolute Gasteiger partial charge is 0.249 e. The van der Waals surface area contributed by atoms with E-state index in [1.807, 2.05) is 0 Å². The van der Waals surface area contributed by atoms with Crippen molar-refractivity contribution in [2.75, 3.05) is 13.2 Å². The highest BCUT2D eigenvalue weighted by atomic mass is 16.7. The number of nitrogens with one attached hydrogen (secondary N) is 1. The minimum Gasteiger partial charge on any atom is -0.394 e. The van der Waals surface area contributed by atoms with Crippen LogP contribution in [0, 0.1) is 0 Å². The number of carbonyl (C=O) groups excluding carboxylic acids is 1. The van der Waals surface area contributed by atoms with Crippen molar-refractivity contribution >= 4 is 5.91 Å². The van der Waals surface area contributed by atoms with Gasteiger partial charge in [-0.15, -0.1) is 0 Å². The molecule has 0 spiro atoms. The largest absolute Gasteiger partial charge is 0.394 e. The van der Waals surface area contributed by atoms with E-state index in [9.17, 15) is 40.5 Å². The first-order valence-electron chi connectivity index (χ1n) is 22.9. The summed E-state index contributed by atoms with van der Waals surface area (Å²) in [4.78, 5) is 13.0. The summed E-state index contributed by atoms with van der Waals surface area (Å²) in [5.41, 5.74) is 0. The number of carbonyl (C=O) groups is 1. The van der Waals surface area contributed by atoms with E-state index >= 15 is 0 Å². The van der Waals surface area contributed by atoms with Crippen LogP contribution in [0.1, 0.15) is 181 Å². The van der Waals surface area contributed by atoms with Gasteiger partial charge in [0.15, 0.2) is 6.29 Å². The first-order chi connectivity index (χ1) is 27.7. The second kappa shape index (κ2) is 36.2. The third-order valence-electron chi connectivity index (χ3n) is 10.9. The van der Waals surface area contributed by atoms with Gasteiger partial charge in [0.1, 0.15) is 36.6 Å². The fourth-order valence-corrected chi connectivity index (χ4v) is 7.04. The third-order valence-corrected chi connectivity index (χ3v) is 10.9. The first-order valence-corrected chi connectivity index (χ1v) is 22.9. The zero-order valence-corrected chi connectivity index (χ0v) is 35.8. The molecule has 0 bridgehead atoms. The van der Waals surface area contributed by atoms with Crippen LogP contribution in [0.25, 0.3) is 0 Å². The van der Waals surface area contributed by atoms with Gasteiger partial charge in [0, 0.05) is 0 Å². The van der Waals surface area contributed by atoms with Gasteiger partial charge in [0.05, 0.1) is 25.4 Å². The molecule has 334 valence electrons. The average Bonchev–Trinajstić information content (AvgIpc) is 3.21. The number of allylic oxidation sites excluding steroid dienone is 6. The standard InChI is InChI=1S/C46H85NO10/c1-3-5-7-9-11-13-15-16-17-18-19-20-21-22-24-25-27-29-31-33-38(49)41(51)37(36-56-46-44(54)43(53)42(52)40(35-48)57-46)47-45(55)39(50)34-32-30-28-26-23-14-12-10-8-6-4-2/h12,14,20-21,25,27,37-44,46,48-54H,3-11,13,15-19,22-24,26,28-36H2,1-2H3,(H,47,55)/b14-12-,21-20+,27-25+. The van der Waals surface area contributed by atoms with Crippen LogP contribution in [-0.4, -0.2) is 110 Å². The van der Waals surface area contributed by atoms with Gasteiger partial charge in [-0.2, -0.15) is 0 Å². The Morgan fingerprint density at radius 2 is 1.05 bits per heavy atom. The molecule has 9 atom stereocenters. The summed E-state index contributed by atoms with van der Waals surface area (Å²) in [6.07, 6.45) is 29.2. The minimum absolute atomic E-state index is 0.235. The molecular weight excluding hydrogens is 727 g/mol. The summed E-state index contributed by atoms with van der Waals surface area (Å²) in [5.74, 6) is -0.723. The molecule has 1 fully saturated rings. The molecule has 0 aromatic rings. The lowest BCUT2D eigenvalue weighted by Crippen LogP contribution is -2.60. The van der Waals surface area contributed by atoms with E-state index in [1.54, 1.807) is 0 Å². The molecule has 0 aromatic heterocycles. The Bertz CT molecular complexity index is 1020. The van der Waals surface area contributed by atoms with Gasteiger partial charge < -0.3 is 50.5 Å². The topological polar surface area (TPSA) is 189 Å². The molecule has 0 aromatic carbocycles. The Labute approximate surface area is 346 Å². The van der Waals surface area contributed by atoms with Crippen molar-refractivity contribution in [1.29, 1.82) is 0 Å². The summed E-state index contributed by atoms with van der Waals surface area (Å²) in [7, 11) is 0. The van der Waals surface area contributed by atoms with E-state index in [2.05, 4.69) is 55.6 Å². The Hall–Kier alpha value is -1.67. The summed E-state index contributed by atoms with van der Waals surface area (Å²) < 4.78 is 11.0.